The lowest BCUT2D eigenvalue weighted by Gasteiger charge is -2.15. The van der Waals surface area contributed by atoms with E-state index in [9.17, 15) is 0 Å². The predicted octanol–water partition coefficient (Wildman–Crippen LogP) is 6.45. The topological polar surface area (TPSA) is 27.7 Å². The molecule has 0 aliphatic rings. The van der Waals surface area contributed by atoms with Gasteiger partial charge in [0.25, 0.3) is 0 Å². The molecule has 0 aliphatic heterocycles. The molecule has 0 aromatic rings. The molecule has 0 heterocycles. The van der Waals surface area contributed by atoms with E-state index in [0.717, 1.165) is 12.8 Å². The largest absolute Gasteiger partial charge is 0.352 e. The van der Waals surface area contributed by atoms with Crippen LogP contribution in [0.1, 0.15) is 105 Å². The number of unbranched alkanes of at least 4 members (excludes halogenated alkanes) is 8. The van der Waals surface area contributed by atoms with E-state index in [1.54, 1.807) is 0 Å². The summed E-state index contributed by atoms with van der Waals surface area (Å²) in [4.78, 5) is 0. The summed E-state index contributed by atoms with van der Waals surface area (Å²) in [5, 5.41) is 0. The van der Waals surface area contributed by atoms with Gasteiger partial charge in [0.15, 0.2) is 0 Å². The van der Waals surface area contributed by atoms with Crippen molar-refractivity contribution < 1.29 is 14.2 Å². The van der Waals surface area contributed by atoms with Gasteiger partial charge >= 0.3 is 0 Å². The summed E-state index contributed by atoms with van der Waals surface area (Å²) < 4.78 is 16.7. The van der Waals surface area contributed by atoms with Crippen molar-refractivity contribution in [2.75, 3.05) is 13.6 Å². The van der Waals surface area contributed by atoms with Crippen LogP contribution in [0.5, 0.6) is 0 Å². The SMILES string of the molecule is CCCCCCCC(C)OCOCOC(C)CCCCCCC. The van der Waals surface area contributed by atoms with Gasteiger partial charge < -0.3 is 14.2 Å². The normalized spacial score (nSPS) is 14.1. The van der Waals surface area contributed by atoms with Gasteiger partial charge in [-0.1, -0.05) is 78.1 Å². The fraction of sp³-hybridized carbons (Fsp3) is 1.00. The molecule has 0 aromatic carbocycles. The van der Waals surface area contributed by atoms with E-state index in [2.05, 4.69) is 27.7 Å². The number of rotatable bonds is 18. The predicted molar refractivity (Wildman–Crippen MR) is 98.7 cm³/mol. The van der Waals surface area contributed by atoms with Gasteiger partial charge in [-0.15, -0.1) is 0 Å². The Balaban J connectivity index is 3.26. The van der Waals surface area contributed by atoms with E-state index < -0.39 is 0 Å². The second-order valence-electron chi connectivity index (χ2n) is 6.80. The summed E-state index contributed by atoms with van der Waals surface area (Å²) in [7, 11) is 0. The Hall–Kier alpha value is -0.120. The second-order valence-corrected chi connectivity index (χ2v) is 6.80. The van der Waals surface area contributed by atoms with Crippen LogP contribution in [0.4, 0.5) is 0 Å². The van der Waals surface area contributed by atoms with Crippen molar-refractivity contribution in [2.45, 2.75) is 117 Å². The van der Waals surface area contributed by atoms with Crippen molar-refractivity contribution >= 4 is 0 Å². The van der Waals surface area contributed by atoms with E-state index in [1.807, 2.05) is 0 Å². The Kier molecular flexibility index (Phi) is 18.1. The quantitative estimate of drug-likeness (QED) is 0.213. The molecule has 3 heteroatoms. The van der Waals surface area contributed by atoms with Crippen LogP contribution in [0, 0.1) is 0 Å². The molecule has 0 aliphatic carbocycles. The molecular weight excluding hydrogens is 288 g/mol. The summed E-state index contributed by atoms with van der Waals surface area (Å²) in [5.74, 6) is 0. The lowest BCUT2D eigenvalue weighted by Crippen LogP contribution is -2.15. The molecule has 0 aromatic heterocycles. The highest BCUT2D eigenvalue weighted by Gasteiger charge is 2.04. The van der Waals surface area contributed by atoms with Crippen molar-refractivity contribution in [1.29, 1.82) is 0 Å². The fourth-order valence-electron chi connectivity index (χ4n) is 2.60. The van der Waals surface area contributed by atoms with E-state index in [0.29, 0.717) is 13.6 Å². The Morgan fingerprint density at radius 2 is 0.957 bits per heavy atom. The molecular formula is C20H42O3. The monoisotopic (exact) mass is 330 g/mol. The average Bonchev–Trinajstić information content (AvgIpc) is 2.54. The van der Waals surface area contributed by atoms with Crippen LogP contribution in [-0.4, -0.2) is 25.8 Å². The third kappa shape index (κ3) is 18.1. The Morgan fingerprint density at radius 3 is 1.35 bits per heavy atom. The fourth-order valence-corrected chi connectivity index (χ4v) is 2.60. The summed E-state index contributed by atoms with van der Waals surface area (Å²) in [6.07, 6.45) is 16.0. The van der Waals surface area contributed by atoms with Gasteiger partial charge in [-0.05, 0) is 26.7 Å². The molecule has 0 saturated carbocycles. The zero-order chi connectivity index (χ0) is 17.2. The molecule has 0 bridgehead atoms. The molecule has 0 rings (SSSR count). The molecule has 0 radical (unpaired) electrons. The maximum Gasteiger partial charge on any atom is 0.149 e. The number of ether oxygens (including phenoxy) is 3. The maximum absolute atomic E-state index is 5.65. The second kappa shape index (κ2) is 18.2. The molecule has 0 amide bonds. The van der Waals surface area contributed by atoms with E-state index in [4.69, 9.17) is 14.2 Å². The first kappa shape index (κ1) is 22.9. The molecule has 0 N–H and O–H groups in total. The van der Waals surface area contributed by atoms with Gasteiger partial charge in [-0.3, -0.25) is 0 Å². The molecule has 3 nitrogen and oxygen atoms in total. The van der Waals surface area contributed by atoms with Crippen LogP contribution in [-0.2, 0) is 14.2 Å². The zero-order valence-corrected chi connectivity index (χ0v) is 16.3. The van der Waals surface area contributed by atoms with Gasteiger partial charge in [0.2, 0.25) is 0 Å². The Bertz CT molecular complexity index is 199. The summed E-state index contributed by atoms with van der Waals surface area (Å²) >= 11 is 0. The van der Waals surface area contributed by atoms with Crippen molar-refractivity contribution in [2.24, 2.45) is 0 Å². The lowest BCUT2D eigenvalue weighted by atomic mass is 10.1. The van der Waals surface area contributed by atoms with E-state index in [-0.39, 0.29) is 12.2 Å². The van der Waals surface area contributed by atoms with Gasteiger partial charge in [-0.2, -0.15) is 0 Å². The molecule has 23 heavy (non-hydrogen) atoms. The van der Waals surface area contributed by atoms with Crippen molar-refractivity contribution in [3.8, 4) is 0 Å². The molecule has 0 saturated heterocycles. The smallest absolute Gasteiger partial charge is 0.149 e. The van der Waals surface area contributed by atoms with Gasteiger partial charge in [0.05, 0.1) is 12.2 Å². The molecule has 0 spiro atoms. The maximum atomic E-state index is 5.65. The first-order valence-electron chi connectivity index (χ1n) is 10.0. The first-order valence-corrected chi connectivity index (χ1v) is 10.0. The third-order valence-corrected chi connectivity index (χ3v) is 4.30. The highest BCUT2D eigenvalue weighted by Crippen LogP contribution is 2.10. The third-order valence-electron chi connectivity index (χ3n) is 4.30. The van der Waals surface area contributed by atoms with Gasteiger partial charge in [0.1, 0.15) is 13.6 Å². The molecule has 2 unspecified atom stereocenters. The summed E-state index contributed by atoms with van der Waals surface area (Å²) in [6, 6.07) is 0. The lowest BCUT2D eigenvalue weighted by molar-refractivity contribution is -0.161. The highest BCUT2D eigenvalue weighted by molar-refractivity contribution is 4.52. The Morgan fingerprint density at radius 1 is 0.565 bits per heavy atom. The standard InChI is InChI=1S/C20H42O3/c1-5-7-9-11-13-15-19(3)22-17-21-18-23-20(4)16-14-12-10-8-6-2/h19-20H,5-18H2,1-4H3. The van der Waals surface area contributed by atoms with E-state index >= 15 is 0 Å². The minimum atomic E-state index is 0.285. The van der Waals surface area contributed by atoms with Crippen LogP contribution in [0.15, 0.2) is 0 Å². The zero-order valence-electron chi connectivity index (χ0n) is 16.3. The molecule has 0 fully saturated rings. The Labute approximate surface area is 145 Å². The minimum absolute atomic E-state index is 0.285. The van der Waals surface area contributed by atoms with Crippen molar-refractivity contribution in [3.63, 3.8) is 0 Å². The van der Waals surface area contributed by atoms with E-state index in [1.165, 1.54) is 64.2 Å². The van der Waals surface area contributed by atoms with Crippen LogP contribution < -0.4 is 0 Å². The average molecular weight is 331 g/mol. The first-order chi connectivity index (χ1) is 11.2. The number of hydrogen-bond acceptors (Lipinski definition) is 3. The van der Waals surface area contributed by atoms with Gasteiger partial charge in [-0.25, -0.2) is 0 Å². The van der Waals surface area contributed by atoms with Crippen LogP contribution in [0.2, 0.25) is 0 Å². The molecule has 140 valence electrons. The highest BCUT2D eigenvalue weighted by atomic mass is 16.7. The van der Waals surface area contributed by atoms with Crippen LogP contribution in [0.25, 0.3) is 0 Å². The summed E-state index contributed by atoms with van der Waals surface area (Å²) in [6.45, 7) is 9.45. The number of hydrogen-bond donors (Lipinski definition) is 0. The summed E-state index contributed by atoms with van der Waals surface area (Å²) in [5.41, 5.74) is 0. The van der Waals surface area contributed by atoms with Crippen molar-refractivity contribution in [3.05, 3.63) is 0 Å². The minimum Gasteiger partial charge on any atom is -0.352 e. The molecule has 2 atom stereocenters. The van der Waals surface area contributed by atoms with Crippen LogP contribution >= 0.6 is 0 Å². The van der Waals surface area contributed by atoms with Gasteiger partial charge in [0, 0.05) is 0 Å². The van der Waals surface area contributed by atoms with Crippen molar-refractivity contribution in [1.82, 2.24) is 0 Å². The van der Waals surface area contributed by atoms with Crippen LogP contribution in [0.3, 0.4) is 0 Å².